The van der Waals surface area contributed by atoms with E-state index in [-0.39, 0.29) is 23.1 Å². The van der Waals surface area contributed by atoms with Gasteiger partial charge in [-0.2, -0.15) is 4.37 Å². The Morgan fingerprint density at radius 2 is 2.16 bits per heavy atom. The largest absolute Gasteiger partial charge is 0.472 e. The van der Waals surface area contributed by atoms with Crippen LogP contribution < -0.4 is 16.2 Å². The van der Waals surface area contributed by atoms with Gasteiger partial charge in [-0.05, 0) is 17.6 Å². The molecule has 0 unspecified atom stereocenters. The molecule has 0 spiro atoms. The first-order valence-corrected chi connectivity index (χ1v) is 6.64. The molecule has 1 amide bonds. The number of benzene rings is 1. The summed E-state index contributed by atoms with van der Waals surface area (Å²) in [6, 6.07) is 5.17. The van der Waals surface area contributed by atoms with Gasteiger partial charge in [-0.25, -0.2) is 0 Å². The number of anilines is 1. The Morgan fingerprint density at radius 1 is 1.42 bits per heavy atom. The summed E-state index contributed by atoms with van der Waals surface area (Å²) in [6.45, 7) is 0.114. The van der Waals surface area contributed by atoms with Crippen molar-refractivity contribution in [2.24, 2.45) is 5.73 Å². The zero-order valence-corrected chi connectivity index (χ0v) is 11.9. The quantitative estimate of drug-likeness (QED) is 0.906. The van der Waals surface area contributed by atoms with E-state index in [1.54, 1.807) is 18.2 Å². The summed E-state index contributed by atoms with van der Waals surface area (Å²) in [7, 11) is 0. The first kappa shape index (κ1) is 13.9. The molecule has 0 saturated carbocycles. The van der Waals surface area contributed by atoms with Crippen LogP contribution in [0.5, 0.6) is 5.88 Å². The molecule has 0 atom stereocenters. The molecule has 0 aliphatic heterocycles. The minimum Gasteiger partial charge on any atom is -0.472 e. The molecule has 1 aromatic carbocycles. The summed E-state index contributed by atoms with van der Waals surface area (Å²) >= 11 is 12.9. The van der Waals surface area contributed by atoms with Crippen molar-refractivity contribution in [1.29, 1.82) is 0 Å². The molecule has 0 radical (unpaired) electrons. The van der Waals surface area contributed by atoms with E-state index >= 15 is 0 Å². The van der Waals surface area contributed by atoms with Crippen molar-refractivity contribution in [2.45, 2.75) is 6.61 Å². The zero-order chi connectivity index (χ0) is 14.0. The Morgan fingerprint density at radius 3 is 2.84 bits per heavy atom. The van der Waals surface area contributed by atoms with Gasteiger partial charge in [-0.1, -0.05) is 35.3 Å². The summed E-state index contributed by atoms with van der Waals surface area (Å²) in [5.41, 5.74) is 11.6. The molecule has 0 fully saturated rings. The molecule has 2 aromatic rings. The van der Waals surface area contributed by atoms with Crippen LogP contribution >= 0.6 is 34.7 Å². The molecule has 2 rings (SSSR count). The molecule has 4 N–H and O–H groups in total. The second-order valence-electron chi connectivity index (χ2n) is 3.59. The second-order valence-corrected chi connectivity index (χ2v) is 5.18. The summed E-state index contributed by atoms with van der Waals surface area (Å²) in [4.78, 5) is 11.2. The average Bonchev–Trinajstić information content (AvgIpc) is 2.72. The van der Waals surface area contributed by atoms with Gasteiger partial charge in [0.2, 0.25) is 5.88 Å². The average molecular weight is 318 g/mol. The summed E-state index contributed by atoms with van der Waals surface area (Å²) in [5.74, 6) is -0.579. The van der Waals surface area contributed by atoms with Crippen molar-refractivity contribution >= 4 is 45.6 Å². The number of primary amides is 1. The highest BCUT2D eigenvalue weighted by atomic mass is 35.5. The third kappa shape index (κ3) is 2.91. The number of aromatic nitrogens is 1. The fourth-order valence-electron chi connectivity index (χ4n) is 1.42. The standard InChI is InChI=1S/C11H9Cl2N3O2S/c12-6-3-1-2-5(8(6)13)4-18-11-7(9(14)17)10(15)19-16-11/h1-3H,4,15H2,(H2,14,17). The molecule has 0 aliphatic carbocycles. The summed E-state index contributed by atoms with van der Waals surface area (Å²) in [6.07, 6.45) is 0. The van der Waals surface area contributed by atoms with Gasteiger partial charge in [-0.3, -0.25) is 4.79 Å². The van der Waals surface area contributed by atoms with E-state index in [0.717, 1.165) is 11.5 Å². The monoisotopic (exact) mass is 317 g/mol. The number of nitrogen functional groups attached to an aromatic ring is 1. The van der Waals surface area contributed by atoms with E-state index in [9.17, 15) is 4.79 Å². The smallest absolute Gasteiger partial charge is 0.257 e. The molecule has 100 valence electrons. The van der Waals surface area contributed by atoms with Gasteiger partial charge in [0.25, 0.3) is 5.91 Å². The van der Waals surface area contributed by atoms with Crippen LogP contribution in [0.3, 0.4) is 0 Å². The minimum absolute atomic E-state index is 0.0863. The van der Waals surface area contributed by atoms with E-state index in [4.69, 9.17) is 39.4 Å². The lowest BCUT2D eigenvalue weighted by atomic mass is 10.2. The maximum atomic E-state index is 11.2. The van der Waals surface area contributed by atoms with Gasteiger partial charge in [-0.15, -0.1) is 0 Å². The Hall–Kier alpha value is -1.50. The van der Waals surface area contributed by atoms with Gasteiger partial charge in [0.15, 0.2) is 0 Å². The van der Waals surface area contributed by atoms with Crippen molar-refractivity contribution in [3.05, 3.63) is 39.4 Å². The lowest BCUT2D eigenvalue weighted by molar-refractivity contribution is 0.0996. The van der Waals surface area contributed by atoms with Crippen LogP contribution in [-0.4, -0.2) is 10.3 Å². The Kier molecular flexibility index (Phi) is 4.14. The lowest BCUT2D eigenvalue weighted by Gasteiger charge is -2.07. The predicted molar refractivity (Wildman–Crippen MR) is 75.8 cm³/mol. The molecule has 8 heteroatoms. The van der Waals surface area contributed by atoms with E-state index < -0.39 is 5.91 Å². The fraction of sp³-hybridized carbons (Fsp3) is 0.0909. The minimum atomic E-state index is -0.682. The summed E-state index contributed by atoms with van der Waals surface area (Å²) in [5, 5.41) is 1.04. The van der Waals surface area contributed by atoms with Crippen molar-refractivity contribution in [2.75, 3.05) is 5.73 Å². The molecule has 0 saturated heterocycles. The predicted octanol–water partition coefficient (Wildman–Crippen LogP) is 2.71. The van der Waals surface area contributed by atoms with Crippen molar-refractivity contribution < 1.29 is 9.53 Å². The summed E-state index contributed by atoms with van der Waals surface area (Å²) < 4.78 is 9.34. The van der Waals surface area contributed by atoms with Crippen LogP contribution in [0.4, 0.5) is 5.00 Å². The number of nitrogens with zero attached hydrogens (tertiary/aromatic N) is 1. The number of carbonyl (C=O) groups excluding carboxylic acids is 1. The molecule has 19 heavy (non-hydrogen) atoms. The topological polar surface area (TPSA) is 91.2 Å². The second kappa shape index (κ2) is 5.64. The number of amides is 1. The van der Waals surface area contributed by atoms with Gasteiger partial charge >= 0.3 is 0 Å². The fourth-order valence-corrected chi connectivity index (χ4v) is 2.40. The Bertz CT molecular complexity index is 630. The third-order valence-corrected chi connectivity index (χ3v) is 3.85. The number of nitrogens with two attached hydrogens (primary N) is 2. The molecular weight excluding hydrogens is 309 g/mol. The molecule has 0 bridgehead atoms. The van der Waals surface area contributed by atoms with Crippen LogP contribution in [-0.2, 0) is 6.61 Å². The van der Waals surface area contributed by atoms with Crippen LogP contribution in [0.2, 0.25) is 10.0 Å². The number of hydrogen-bond acceptors (Lipinski definition) is 5. The van der Waals surface area contributed by atoms with Crippen LogP contribution in [0, 0.1) is 0 Å². The number of hydrogen-bond donors (Lipinski definition) is 2. The normalized spacial score (nSPS) is 10.4. The molecule has 0 aliphatic rings. The van der Waals surface area contributed by atoms with Crippen LogP contribution in [0.1, 0.15) is 15.9 Å². The highest BCUT2D eigenvalue weighted by molar-refractivity contribution is 7.10. The van der Waals surface area contributed by atoms with Gasteiger partial charge in [0.1, 0.15) is 17.2 Å². The van der Waals surface area contributed by atoms with Crippen molar-refractivity contribution in [3.8, 4) is 5.88 Å². The molecule has 5 nitrogen and oxygen atoms in total. The third-order valence-electron chi connectivity index (χ3n) is 2.33. The van der Waals surface area contributed by atoms with Crippen molar-refractivity contribution in [3.63, 3.8) is 0 Å². The molecular formula is C11H9Cl2N3O2S. The first-order chi connectivity index (χ1) is 9.00. The molecule has 1 aromatic heterocycles. The number of ether oxygens (including phenoxy) is 1. The highest BCUT2D eigenvalue weighted by Gasteiger charge is 2.18. The maximum Gasteiger partial charge on any atom is 0.257 e. The molecule has 1 heterocycles. The van der Waals surface area contributed by atoms with Gasteiger partial charge in [0.05, 0.1) is 10.0 Å². The number of carbonyl (C=O) groups is 1. The first-order valence-electron chi connectivity index (χ1n) is 5.11. The van der Waals surface area contributed by atoms with E-state index in [1.165, 1.54) is 0 Å². The van der Waals surface area contributed by atoms with Crippen molar-refractivity contribution in [1.82, 2.24) is 4.37 Å². The Balaban J connectivity index is 2.19. The number of halogens is 2. The van der Waals surface area contributed by atoms with E-state index in [2.05, 4.69) is 4.37 Å². The Labute approximate surface area is 123 Å². The van der Waals surface area contributed by atoms with Crippen LogP contribution in [0.25, 0.3) is 0 Å². The maximum absolute atomic E-state index is 11.2. The van der Waals surface area contributed by atoms with Gasteiger partial charge in [0, 0.05) is 5.56 Å². The van der Waals surface area contributed by atoms with Gasteiger partial charge < -0.3 is 16.2 Å². The number of rotatable bonds is 4. The van der Waals surface area contributed by atoms with E-state index in [0.29, 0.717) is 15.6 Å². The zero-order valence-electron chi connectivity index (χ0n) is 9.52. The van der Waals surface area contributed by atoms with Crippen LogP contribution in [0.15, 0.2) is 18.2 Å². The SMILES string of the molecule is NC(=O)c1c(OCc2cccc(Cl)c2Cl)nsc1N. The lowest BCUT2D eigenvalue weighted by Crippen LogP contribution is -2.13. The van der Waals surface area contributed by atoms with E-state index in [1.807, 2.05) is 0 Å². The highest BCUT2D eigenvalue weighted by Crippen LogP contribution is 2.30.